The van der Waals surface area contributed by atoms with Crippen LogP contribution >= 0.6 is 0 Å². The molecule has 0 aromatic carbocycles. The molecule has 1 aromatic heterocycles. The maximum atomic E-state index is 13.2. The average Bonchev–Trinajstić information content (AvgIpc) is 3.16. The highest BCUT2D eigenvalue weighted by molar-refractivity contribution is 5.93. The molecule has 1 saturated heterocycles. The van der Waals surface area contributed by atoms with Gasteiger partial charge in [0.1, 0.15) is 5.69 Å². The molecule has 3 rings (SSSR count). The zero-order chi connectivity index (χ0) is 20.3. The Morgan fingerprint density at radius 2 is 2.18 bits per heavy atom. The molecule has 2 aliphatic rings. The lowest BCUT2D eigenvalue weighted by Gasteiger charge is -2.25. The van der Waals surface area contributed by atoms with Gasteiger partial charge in [0.25, 0.3) is 5.91 Å². The monoisotopic (exact) mass is 391 g/mol. The Morgan fingerprint density at radius 1 is 1.39 bits per heavy atom. The largest absolute Gasteiger partial charge is 0.466 e. The number of hydrogen-bond donors (Lipinski definition) is 1. The number of carbonyl (C=O) groups is 3. The van der Waals surface area contributed by atoms with Gasteiger partial charge in [0.2, 0.25) is 0 Å². The maximum Gasteiger partial charge on any atom is 0.317 e. The molecule has 3 amide bonds. The number of aromatic nitrogens is 2. The van der Waals surface area contributed by atoms with Gasteiger partial charge in [-0.05, 0) is 39.2 Å². The van der Waals surface area contributed by atoms with Crippen LogP contribution in [0.2, 0.25) is 0 Å². The van der Waals surface area contributed by atoms with Crippen LogP contribution in [0.25, 0.3) is 0 Å². The predicted molar refractivity (Wildman–Crippen MR) is 102 cm³/mol. The minimum Gasteiger partial charge on any atom is -0.466 e. The van der Waals surface area contributed by atoms with E-state index in [4.69, 9.17) is 4.74 Å². The van der Waals surface area contributed by atoms with E-state index in [9.17, 15) is 14.4 Å². The van der Waals surface area contributed by atoms with Gasteiger partial charge in [-0.25, -0.2) is 4.79 Å². The van der Waals surface area contributed by atoms with Crippen LogP contribution in [-0.4, -0.2) is 76.8 Å². The summed E-state index contributed by atoms with van der Waals surface area (Å²) >= 11 is 0. The molecule has 9 nitrogen and oxygen atoms in total. The molecule has 1 aromatic rings. The zero-order valence-corrected chi connectivity index (χ0v) is 16.8. The Morgan fingerprint density at radius 3 is 2.82 bits per heavy atom. The van der Waals surface area contributed by atoms with Crippen molar-refractivity contribution in [3.8, 4) is 0 Å². The van der Waals surface area contributed by atoms with E-state index >= 15 is 0 Å². The maximum absolute atomic E-state index is 13.2. The second kappa shape index (κ2) is 8.62. The van der Waals surface area contributed by atoms with Gasteiger partial charge in [-0.3, -0.25) is 14.3 Å². The summed E-state index contributed by atoms with van der Waals surface area (Å²) in [4.78, 5) is 40.4. The Kier molecular flexibility index (Phi) is 6.21. The number of carbonyl (C=O) groups excluding carboxylic acids is 3. The molecule has 0 spiro atoms. The second-order valence-corrected chi connectivity index (χ2v) is 7.31. The Labute approximate surface area is 165 Å². The Balaban J connectivity index is 1.69. The summed E-state index contributed by atoms with van der Waals surface area (Å²) in [6.45, 7) is 9.20. The minimum atomic E-state index is -0.187. The molecule has 0 unspecified atom stereocenters. The lowest BCUT2D eigenvalue weighted by atomic mass is 10.2. The van der Waals surface area contributed by atoms with Crippen LogP contribution in [0, 0.1) is 18.8 Å². The van der Waals surface area contributed by atoms with E-state index in [0.717, 1.165) is 12.1 Å². The first-order chi connectivity index (χ1) is 13.4. The molecular formula is C19H29N5O4. The van der Waals surface area contributed by atoms with Gasteiger partial charge in [-0.2, -0.15) is 5.10 Å². The summed E-state index contributed by atoms with van der Waals surface area (Å²) in [5.74, 6) is -0.331. The van der Waals surface area contributed by atoms with Gasteiger partial charge in [-0.15, -0.1) is 0 Å². The van der Waals surface area contributed by atoms with E-state index in [0.29, 0.717) is 51.6 Å². The third kappa shape index (κ3) is 4.45. The Bertz CT molecular complexity index is 747. The number of rotatable bonds is 9. The second-order valence-electron chi connectivity index (χ2n) is 7.31. The van der Waals surface area contributed by atoms with E-state index in [1.165, 1.54) is 0 Å². The molecule has 154 valence electrons. The van der Waals surface area contributed by atoms with Gasteiger partial charge in [0.05, 0.1) is 18.2 Å². The van der Waals surface area contributed by atoms with Crippen molar-refractivity contribution in [3.05, 3.63) is 17.5 Å². The Hall–Kier alpha value is -2.58. The summed E-state index contributed by atoms with van der Waals surface area (Å²) < 4.78 is 6.80. The molecular weight excluding hydrogens is 362 g/mol. The standard InChI is InChI=1S/C19H29N5O4/c1-4-24-16(10-13(3)21-24)17(25)23(9-8-22-7-6-20-19(22)27)12-14-11-15(14)18(26)28-5-2/h10,14-15H,4-9,11-12H2,1-3H3,(H,20,27)/t14-,15+/m1/s1. The molecule has 1 saturated carbocycles. The molecule has 1 N–H and O–H groups in total. The molecule has 0 radical (unpaired) electrons. The third-order valence-electron chi connectivity index (χ3n) is 5.26. The van der Waals surface area contributed by atoms with Gasteiger partial charge in [0, 0.05) is 39.3 Å². The molecule has 1 aliphatic carbocycles. The van der Waals surface area contributed by atoms with E-state index in [1.54, 1.807) is 27.5 Å². The van der Waals surface area contributed by atoms with Crippen LogP contribution < -0.4 is 5.32 Å². The first-order valence-electron chi connectivity index (χ1n) is 9.97. The van der Waals surface area contributed by atoms with Crippen molar-refractivity contribution in [1.29, 1.82) is 0 Å². The topological polar surface area (TPSA) is 96.8 Å². The first kappa shape index (κ1) is 20.2. The number of nitrogens with zero attached hydrogens (tertiary/aromatic N) is 4. The number of amides is 3. The summed E-state index contributed by atoms with van der Waals surface area (Å²) in [6.07, 6.45) is 0.735. The fourth-order valence-electron chi connectivity index (χ4n) is 3.63. The van der Waals surface area contributed by atoms with Gasteiger partial charge in [-0.1, -0.05) is 0 Å². The summed E-state index contributed by atoms with van der Waals surface area (Å²) in [5.41, 5.74) is 1.33. The van der Waals surface area contributed by atoms with Gasteiger partial charge >= 0.3 is 12.0 Å². The van der Waals surface area contributed by atoms with Crippen molar-refractivity contribution in [2.75, 3.05) is 39.3 Å². The summed E-state index contributed by atoms with van der Waals surface area (Å²) in [7, 11) is 0. The van der Waals surface area contributed by atoms with Crippen LogP contribution in [0.5, 0.6) is 0 Å². The van der Waals surface area contributed by atoms with E-state index in [1.807, 2.05) is 13.8 Å². The third-order valence-corrected chi connectivity index (χ3v) is 5.26. The quantitative estimate of drug-likeness (QED) is 0.630. The fraction of sp³-hybridized carbons (Fsp3) is 0.684. The van der Waals surface area contributed by atoms with E-state index < -0.39 is 0 Å². The number of aryl methyl sites for hydroxylation is 2. The molecule has 0 bridgehead atoms. The highest BCUT2D eigenvalue weighted by Crippen LogP contribution is 2.40. The highest BCUT2D eigenvalue weighted by Gasteiger charge is 2.45. The van der Waals surface area contributed by atoms with Crippen molar-refractivity contribution in [1.82, 2.24) is 24.9 Å². The number of hydrogen-bond acceptors (Lipinski definition) is 5. The van der Waals surface area contributed by atoms with Crippen molar-refractivity contribution in [2.45, 2.75) is 33.7 Å². The van der Waals surface area contributed by atoms with Crippen LogP contribution in [0.3, 0.4) is 0 Å². The summed E-state index contributed by atoms with van der Waals surface area (Å²) in [6, 6.07) is 1.69. The normalized spacial score (nSPS) is 20.8. The lowest BCUT2D eigenvalue weighted by Crippen LogP contribution is -2.41. The molecule has 28 heavy (non-hydrogen) atoms. The van der Waals surface area contributed by atoms with E-state index in [-0.39, 0.29) is 29.7 Å². The number of esters is 1. The van der Waals surface area contributed by atoms with Crippen molar-refractivity contribution in [2.24, 2.45) is 11.8 Å². The highest BCUT2D eigenvalue weighted by atomic mass is 16.5. The number of urea groups is 1. The summed E-state index contributed by atoms with van der Waals surface area (Å²) in [5, 5.41) is 7.14. The molecule has 2 atom stereocenters. The smallest absolute Gasteiger partial charge is 0.317 e. The molecule has 2 heterocycles. The predicted octanol–water partition coefficient (Wildman–Crippen LogP) is 0.878. The molecule has 2 fully saturated rings. The van der Waals surface area contributed by atoms with Crippen LogP contribution in [-0.2, 0) is 16.1 Å². The van der Waals surface area contributed by atoms with Crippen molar-refractivity contribution in [3.63, 3.8) is 0 Å². The minimum absolute atomic E-state index is 0.0994. The first-order valence-corrected chi connectivity index (χ1v) is 9.97. The van der Waals surface area contributed by atoms with Crippen LogP contribution in [0.15, 0.2) is 6.07 Å². The lowest BCUT2D eigenvalue weighted by molar-refractivity contribution is -0.145. The number of nitrogens with one attached hydrogen (secondary N) is 1. The molecule has 1 aliphatic heterocycles. The zero-order valence-electron chi connectivity index (χ0n) is 16.8. The fourth-order valence-corrected chi connectivity index (χ4v) is 3.63. The van der Waals surface area contributed by atoms with E-state index in [2.05, 4.69) is 10.4 Å². The number of ether oxygens (including phenoxy) is 1. The van der Waals surface area contributed by atoms with Gasteiger partial charge in [0.15, 0.2) is 0 Å². The van der Waals surface area contributed by atoms with Crippen molar-refractivity contribution < 1.29 is 19.1 Å². The van der Waals surface area contributed by atoms with Crippen molar-refractivity contribution >= 4 is 17.9 Å². The van der Waals surface area contributed by atoms with Crippen LogP contribution in [0.1, 0.15) is 36.5 Å². The molecule has 9 heteroatoms. The SMILES string of the molecule is CCOC(=O)[C@H]1C[C@@H]1CN(CCN1CCNC1=O)C(=O)c1cc(C)nn1CC. The average molecular weight is 391 g/mol. The van der Waals surface area contributed by atoms with Gasteiger partial charge < -0.3 is 19.9 Å². The van der Waals surface area contributed by atoms with Crippen LogP contribution in [0.4, 0.5) is 4.79 Å².